The number of aromatic amines is 1. The second-order valence-electron chi connectivity index (χ2n) is 5.28. The SMILES string of the molecule is OCCCN=c1c2ccccc2oc2[nH]c3ccccc3c12. The van der Waals surface area contributed by atoms with E-state index in [1.54, 1.807) is 0 Å². The normalized spacial score (nSPS) is 12.7. The second-order valence-corrected chi connectivity index (χ2v) is 5.28. The van der Waals surface area contributed by atoms with Crippen molar-refractivity contribution in [3.05, 3.63) is 53.9 Å². The Hall–Kier alpha value is -2.59. The third-order valence-corrected chi connectivity index (χ3v) is 3.85. The van der Waals surface area contributed by atoms with Gasteiger partial charge < -0.3 is 14.5 Å². The summed E-state index contributed by atoms with van der Waals surface area (Å²) in [5.41, 5.74) is 2.59. The number of para-hydroxylation sites is 2. The molecule has 4 aromatic rings. The van der Waals surface area contributed by atoms with Crippen LogP contribution in [0.4, 0.5) is 0 Å². The third-order valence-electron chi connectivity index (χ3n) is 3.85. The van der Waals surface area contributed by atoms with Gasteiger partial charge in [-0.1, -0.05) is 30.3 Å². The van der Waals surface area contributed by atoms with E-state index in [-0.39, 0.29) is 6.61 Å². The second kappa shape index (κ2) is 5.31. The molecule has 0 saturated heterocycles. The van der Waals surface area contributed by atoms with Crippen LogP contribution in [-0.4, -0.2) is 23.2 Å². The van der Waals surface area contributed by atoms with Crippen molar-refractivity contribution in [2.75, 3.05) is 13.2 Å². The van der Waals surface area contributed by atoms with E-state index in [0.717, 1.165) is 38.3 Å². The number of aromatic nitrogens is 1. The number of rotatable bonds is 3. The maximum atomic E-state index is 9.02. The molecule has 0 amide bonds. The molecule has 0 radical (unpaired) electrons. The number of hydrogen-bond acceptors (Lipinski definition) is 3. The van der Waals surface area contributed by atoms with Crippen molar-refractivity contribution in [1.82, 2.24) is 4.98 Å². The van der Waals surface area contributed by atoms with Crippen LogP contribution in [0.5, 0.6) is 0 Å². The van der Waals surface area contributed by atoms with Crippen LogP contribution in [0, 0.1) is 0 Å². The van der Waals surface area contributed by atoms with E-state index >= 15 is 0 Å². The van der Waals surface area contributed by atoms with E-state index < -0.39 is 0 Å². The highest BCUT2D eigenvalue weighted by molar-refractivity contribution is 6.07. The zero-order chi connectivity index (χ0) is 14.9. The number of nitrogens with zero attached hydrogens (tertiary/aromatic N) is 1. The largest absolute Gasteiger partial charge is 0.440 e. The van der Waals surface area contributed by atoms with Crippen LogP contribution < -0.4 is 5.36 Å². The van der Waals surface area contributed by atoms with Crippen molar-refractivity contribution >= 4 is 33.0 Å². The van der Waals surface area contributed by atoms with E-state index in [0.29, 0.717) is 13.0 Å². The molecule has 4 heteroatoms. The van der Waals surface area contributed by atoms with E-state index in [4.69, 9.17) is 14.5 Å². The van der Waals surface area contributed by atoms with Crippen LogP contribution in [0.1, 0.15) is 6.42 Å². The highest BCUT2D eigenvalue weighted by Crippen LogP contribution is 2.25. The number of hydrogen-bond donors (Lipinski definition) is 2. The van der Waals surface area contributed by atoms with Crippen LogP contribution in [0.15, 0.2) is 57.9 Å². The van der Waals surface area contributed by atoms with Crippen molar-refractivity contribution < 1.29 is 9.52 Å². The van der Waals surface area contributed by atoms with Gasteiger partial charge in [0.2, 0.25) is 5.71 Å². The fourth-order valence-electron chi connectivity index (χ4n) is 2.85. The Morgan fingerprint density at radius 2 is 1.77 bits per heavy atom. The molecule has 2 aromatic carbocycles. The number of fused-ring (bicyclic) bond motifs is 4. The van der Waals surface area contributed by atoms with Gasteiger partial charge in [0.1, 0.15) is 5.58 Å². The Labute approximate surface area is 126 Å². The number of aliphatic hydroxyl groups excluding tert-OH is 1. The summed E-state index contributed by atoms with van der Waals surface area (Å²) in [7, 11) is 0. The lowest BCUT2D eigenvalue weighted by molar-refractivity contribution is 0.291. The molecule has 110 valence electrons. The number of H-pyrrole nitrogens is 1. The van der Waals surface area contributed by atoms with Gasteiger partial charge in [0.15, 0.2) is 0 Å². The van der Waals surface area contributed by atoms with Crippen LogP contribution in [0.25, 0.3) is 33.0 Å². The molecule has 2 N–H and O–H groups in total. The Kier molecular flexibility index (Phi) is 3.16. The molecular weight excluding hydrogens is 276 g/mol. The summed E-state index contributed by atoms with van der Waals surface area (Å²) in [6, 6.07) is 16.0. The van der Waals surface area contributed by atoms with Gasteiger partial charge in [-0.25, -0.2) is 0 Å². The molecule has 4 nitrogen and oxygen atoms in total. The summed E-state index contributed by atoms with van der Waals surface area (Å²) in [4.78, 5) is 8.06. The van der Waals surface area contributed by atoms with E-state index in [1.807, 2.05) is 42.5 Å². The molecule has 0 fully saturated rings. The summed E-state index contributed by atoms with van der Waals surface area (Å²) in [6.07, 6.45) is 0.657. The predicted octanol–water partition coefficient (Wildman–Crippen LogP) is 3.35. The van der Waals surface area contributed by atoms with Gasteiger partial charge >= 0.3 is 0 Å². The van der Waals surface area contributed by atoms with Crippen LogP contribution in [0.3, 0.4) is 0 Å². The molecule has 4 rings (SSSR count). The summed E-state index contributed by atoms with van der Waals surface area (Å²) < 4.78 is 6.01. The lowest BCUT2D eigenvalue weighted by atomic mass is 10.1. The van der Waals surface area contributed by atoms with Crippen LogP contribution >= 0.6 is 0 Å². The molecule has 0 saturated carbocycles. The Bertz CT molecular complexity index is 1030. The van der Waals surface area contributed by atoms with Crippen molar-refractivity contribution in [3.63, 3.8) is 0 Å². The topological polar surface area (TPSA) is 61.5 Å². The standard InChI is InChI=1S/C18H16N2O2/c21-11-5-10-19-17-13-7-2-4-9-15(13)22-18-16(17)12-6-1-3-8-14(12)20-18/h1-4,6-9,20-21H,5,10-11H2. The average molecular weight is 292 g/mol. The van der Waals surface area contributed by atoms with Gasteiger partial charge in [-0.05, 0) is 24.6 Å². The molecule has 0 spiro atoms. The first-order valence-electron chi connectivity index (χ1n) is 7.42. The van der Waals surface area contributed by atoms with Crippen LogP contribution in [-0.2, 0) is 0 Å². The van der Waals surface area contributed by atoms with E-state index in [9.17, 15) is 0 Å². The molecule has 0 atom stereocenters. The molecule has 2 aromatic heterocycles. The molecular formula is C18H16N2O2. The van der Waals surface area contributed by atoms with Crippen LogP contribution in [0.2, 0.25) is 0 Å². The zero-order valence-corrected chi connectivity index (χ0v) is 12.0. The molecule has 0 aliphatic carbocycles. The van der Waals surface area contributed by atoms with Gasteiger partial charge in [0, 0.05) is 29.4 Å². The third kappa shape index (κ3) is 2.00. The number of benzene rings is 2. The molecule has 22 heavy (non-hydrogen) atoms. The maximum Gasteiger partial charge on any atom is 0.208 e. The minimum atomic E-state index is 0.148. The quantitative estimate of drug-likeness (QED) is 0.569. The molecule has 2 heterocycles. The number of nitrogens with one attached hydrogen (secondary N) is 1. The Morgan fingerprint density at radius 1 is 1.00 bits per heavy atom. The first-order valence-corrected chi connectivity index (χ1v) is 7.42. The summed E-state index contributed by atoms with van der Waals surface area (Å²) in [5.74, 6) is 0. The van der Waals surface area contributed by atoms with Gasteiger partial charge in [-0.2, -0.15) is 0 Å². The molecule has 0 aliphatic rings. The predicted molar refractivity (Wildman–Crippen MR) is 87.7 cm³/mol. The summed E-state index contributed by atoms with van der Waals surface area (Å²) >= 11 is 0. The van der Waals surface area contributed by atoms with Gasteiger partial charge in [0.05, 0.1) is 10.7 Å². The first-order chi connectivity index (χ1) is 10.9. The number of aliphatic hydroxyl groups is 1. The summed E-state index contributed by atoms with van der Waals surface area (Å²) in [6.45, 7) is 0.745. The van der Waals surface area contributed by atoms with E-state index in [2.05, 4.69) is 11.1 Å². The monoisotopic (exact) mass is 292 g/mol. The Morgan fingerprint density at radius 3 is 2.64 bits per heavy atom. The molecule has 0 unspecified atom stereocenters. The average Bonchev–Trinajstić information content (AvgIpc) is 2.92. The van der Waals surface area contributed by atoms with Crippen molar-refractivity contribution in [2.24, 2.45) is 4.99 Å². The van der Waals surface area contributed by atoms with Gasteiger partial charge in [-0.3, -0.25) is 4.99 Å². The van der Waals surface area contributed by atoms with Crippen molar-refractivity contribution in [3.8, 4) is 0 Å². The molecule has 0 bridgehead atoms. The lowest BCUT2D eigenvalue weighted by Gasteiger charge is -2.01. The van der Waals surface area contributed by atoms with Crippen molar-refractivity contribution in [1.29, 1.82) is 0 Å². The minimum absolute atomic E-state index is 0.148. The minimum Gasteiger partial charge on any atom is -0.440 e. The smallest absolute Gasteiger partial charge is 0.208 e. The van der Waals surface area contributed by atoms with Gasteiger partial charge in [-0.15, -0.1) is 0 Å². The highest BCUT2D eigenvalue weighted by atomic mass is 16.3. The fourth-order valence-corrected chi connectivity index (χ4v) is 2.85. The summed E-state index contributed by atoms with van der Waals surface area (Å²) in [5, 5.41) is 13.1. The van der Waals surface area contributed by atoms with Gasteiger partial charge in [0.25, 0.3) is 0 Å². The Balaban J connectivity index is 2.18. The lowest BCUT2D eigenvalue weighted by Crippen LogP contribution is -2.06. The highest BCUT2D eigenvalue weighted by Gasteiger charge is 2.11. The fraction of sp³-hybridized carbons (Fsp3) is 0.167. The maximum absolute atomic E-state index is 9.02. The zero-order valence-electron chi connectivity index (χ0n) is 12.0. The molecule has 0 aliphatic heterocycles. The van der Waals surface area contributed by atoms with Crippen molar-refractivity contribution in [2.45, 2.75) is 6.42 Å². The first kappa shape index (κ1) is 13.1. The van der Waals surface area contributed by atoms with E-state index in [1.165, 1.54) is 0 Å².